The molecule has 158 valence electrons. The lowest BCUT2D eigenvalue weighted by atomic mass is 10.3. The molecule has 1 aromatic carbocycles. The molecular weight excluding hydrogens is 428 g/mol. The van der Waals surface area contributed by atoms with Gasteiger partial charge in [-0.1, -0.05) is 17.8 Å². The molecule has 1 saturated heterocycles. The van der Waals surface area contributed by atoms with Gasteiger partial charge in [-0.2, -0.15) is 8.99 Å². The van der Waals surface area contributed by atoms with Gasteiger partial charge in [0.1, 0.15) is 5.76 Å². The third-order valence-corrected chi connectivity index (χ3v) is 7.21. The topological polar surface area (TPSA) is 123 Å². The summed E-state index contributed by atoms with van der Waals surface area (Å²) >= 11 is 1.31. The number of carbonyl (C=O) groups excluding carboxylic acids is 1. The van der Waals surface area contributed by atoms with E-state index in [1.54, 1.807) is 28.9 Å². The Balaban J connectivity index is 1.47. The van der Waals surface area contributed by atoms with E-state index in [4.69, 9.17) is 4.42 Å². The Kier molecular flexibility index (Phi) is 5.88. The molecule has 1 amide bonds. The summed E-state index contributed by atoms with van der Waals surface area (Å²) in [6, 6.07) is 10.3. The van der Waals surface area contributed by atoms with Gasteiger partial charge in [0, 0.05) is 25.7 Å². The molecule has 12 heteroatoms. The van der Waals surface area contributed by atoms with Crippen LogP contribution in [-0.4, -0.2) is 51.9 Å². The van der Waals surface area contributed by atoms with Gasteiger partial charge in [0.2, 0.25) is 16.2 Å². The van der Waals surface area contributed by atoms with Crippen LogP contribution in [0, 0.1) is 0 Å². The predicted octanol–water partition coefficient (Wildman–Crippen LogP) is 2.29. The van der Waals surface area contributed by atoms with E-state index in [0.29, 0.717) is 41.1 Å². The lowest BCUT2D eigenvalue weighted by Gasteiger charge is -2.12. The molecule has 0 bridgehead atoms. The number of furan rings is 1. The smallest absolute Gasteiger partial charge is 0.276 e. The number of benzene rings is 1. The van der Waals surface area contributed by atoms with E-state index in [1.807, 2.05) is 6.07 Å². The molecule has 0 aliphatic carbocycles. The van der Waals surface area contributed by atoms with Crippen LogP contribution in [0.3, 0.4) is 0 Å². The van der Waals surface area contributed by atoms with E-state index in [-0.39, 0.29) is 11.0 Å². The van der Waals surface area contributed by atoms with Crippen LogP contribution >= 0.6 is 11.8 Å². The molecule has 3 aromatic rings. The van der Waals surface area contributed by atoms with Gasteiger partial charge in [0.05, 0.1) is 11.4 Å². The molecule has 0 spiro atoms. The van der Waals surface area contributed by atoms with Crippen molar-refractivity contribution in [2.45, 2.75) is 35.8 Å². The Morgan fingerprint density at radius 2 is 2.03 bits per heavy atom. The summed E-state index contributed by atoms with van der Waals surface area (Å²) in [5, 5.41) is 14.9. The minimum Gasteiger partial charge on any atom is -0.447 e. The predicted molar refractivity (Wildman–Crippen MR) is 110 cm³/mol. The number of hydrogen-bond donors (Lipinski definition) is 1. The van der Waals surface area contributed by atoms with Gasteiger partial charge in [-0.05, 0) is 53.6 Å². The van der Waals surface area contributed by atoms with Crippen LogP contribution in [0.5, 0.6) is 0 Å². The van der Waals surface area contributed by atoms with E-state index in [1.165, 1.54) is 29.1 Å². The molecule has 1 aliphatic rings. The second-order valence-electron chi connectivity index (χ2n) is 6.73. The highest BCUT2D eigenvalue weighted by molar-refractivity contribution is 7.98. The molecule has 2 aromatic heterocycles. The molecule has 0 unspecified atom stereocenters. The number of aromatic nitrogens is 4. The summed E-state index contributed by atoms with van der Waals surface area (Å²) in [6.07, 6.45) is 1.74. The highest BCUT2D eigenvalue weighted by Crippen LogP contribution is 2.27. The first kappa shape index (κ1) is 20.6. The lowest BCUT2D eigenvalue weighted by Crippen LogP contribution is -2.27. The SMILES string of the molecule is CC(=O)Nc1cccc(-n2nnnc2SCc2ccc(S(=O)(=O)N3CCCC3)o2)c1. The molecule has 1 aliphatic heterocycles. The van der Waals surface area contributed by atoms with E-state index < -0.39 is 10.0 Å². The molecule has 4 rings (SSSR count). The van der Waals surface area contributed by atoms with Crippen molar-refractivity contribution in [2.24, 2.45) is 0 Å². The first-order valence-electron chi connectivity index (χ1n) is 9.31. The number of thioether (sulfide) groups is 1. The summed E-state index contributed by atoms with van der Waals surface area (Å²) in [4.78, 5) is 11.3. The fourth-order valence-electron chi connectivity index (χ4n) is 3.12. The molecule has 0 radical (unpaired) electrons. The summed E-state index contributed by atoms with van der Waals surface area (Å²) in [5.41, 5.74) is 1.32. The number of sulfonamides is 1. The molecule has 30 heavy (non-hydrogen) atoms. The third kappa shape index (κ3) is 4.40. The summed E-state index contributed by atoms with van der Waals surface area (Å²) < 4.78 is 33.8. The largest absolute Gasteiger partial charge is 0.447 e. The summed E-state index contributed by atoms with van der Waals surface area (Å²) in [5.74, 6) is 0.705. The Morgan fingerprint density at radius 3 is 2.80 bits per heavy atom. The fourth-order valence-corrected chi connectivity index (χ4v) is 5.35. The van der Waals surface area contributed by atoms with Gasteiger partial charge in [0.25, 0.3) is 10.0 Å². The minimum atomic E-state index is -3.58. The maximum absolute atomic E-state index is 12.6. The van der Waals surface area contributed by atoms with Crippen molar-refractivity contribution in [1.82, 2.24) is 24.5 Å². The minimum absolute atomic E-state index is 0.0393. The molecule has 10 nitrogen and oxygen atoms in total. The molecule has 1 fully saturated rings. The van der Waals surface area contributed by atoms with Crippen molar-refractivity contribution in [3.63, 3.8) is 0 Å². The number of tetrazole rings is 1. The van der Waals surface area contributed by atoms with E-state index in [2.05, 4.69) is 20.8 Å². The first-order chi connectivity index (χ1) is 14.4. The maximum atomic E-state index is 12.6. The molecule has 0 saturated carbocycles. The highest BCUT2D eigenvalue weighted by atomic mass is 32.2. The van der Waals surface area contributed by atoms with E-state index in [0.717, 1.165) is 12.8 Å². The van der Waals surface area contributed by atoms with Gasteiger partial charge in [-0.3, -0.25) is 4.79 Å². The zero-order valence-corrected chi connectivity index (χ0v) is 17.8. The van der Waals surface area contributed by atoms with Crippen LogP contribution in [-0.2, 0) is 20.6 Å². The van der Waals surface area contributed by atoms with E-state index in [9.17, 15) is 13.2 Å². The van der Waals surface area contributed by atoms with Crippen LogP contribution in [0.1, 0.15) is 25.5 Å². The number of amides is 1. The van der Waals surface area contributed by atoms with Gasteiger partial charge in [-0.25, -0.2) is 8.42 Å². The van der Waals surface area contributed by atoms with Crippen molar-refractivity contribution in [3.8, 4) is 5.69 Å². The first-order valence-corrected chi connectivity index (χ1v) is 11.7. The number of nitrogens with zero attached hydrogens (tertiary/aromatic N) is 5. The van der Waals surface area contributed by atoms with Gasteiger partial charge in [-0.15, -0.1) is 5.10 Å². The zero-order valence-electron chi connectivity index (χ0n) is 16.2. The number of nitrogens with one attached hydrogen (secondary N) is 1. The average Bonchev–Trinajstić information content (AvgIpc) is 3.48. The van der Waals surface area contributed by atoms with Gasteiger partial charge < -0.3 is 9.73 Å². The third-order valence-electron chi connectivity index (χ3n) is 4.49. The van der Waals surface area contributed by atoms with Crippen LogP contribution in [0.25, 0.3) is 5.69 Å². The quantitative estimate of drug-likeness (QED) is 0.546. The standard InChI is InChI=1S/C18H20N6O4S2/c1-13(25)19-14-5-4-6-15(11-14)24-18(20-21-22-24)29-12-16-7-8-17(28-16)30(26,27)23-9-2-3-10-23/h4-8,11H,2-3,9-10,12H2,1H3,(H,19,25). The summed E-state index contributed by atoms with van der Waals surface area (Å²) in [6.45, 7) is 2.49. The number of rotatable bonds is 7. The Labute approximate surface area is 177 Å². The average molecular weight is 449 g/mol. The Morgan fingerprint density at radius 1 is 1.23 bits per heavy atom. The highest BCUT2D eigenvalue weighted by Gasteiger charge is 2.30. The normalized spacial score (nSPS) is 14.8. The molecule has 1 N–H and O–H groups in total. The fraction of sp³-hybridized carbons (Fsp3) is 0.333. The molecular formula is C18H20N6O4S2. The monoisotopic (exact) mass is 448 g/mol. The lowest BCUT2D eigenvalue weighted by molar-refractivity contribution is -0.114. The van der Waals surface area contributed by atoms with Crippen LogP contribution in [0.2, 0.25) is 0 Å². The number of hydrogen-bond acceptors (Lipinski definition) is 8. The van der Waals surface area contributed by atoms with Crippen molar-refractivity contribution in [2.75, 3.05) is 18.4 Å². The van der Waals surface area contributed by atoms with Crippen LogP contribution < -0.4 is 5.32 Å². The number of carbonyl (C=O) groups is 1. The maximum Gasteiger partial charge on any atom is 0.276 e. The molecule has 0 atom stereocenters. The zero-order chi connectivity index (χ0) is 21.1. The second-order valence-corrected chi connectivity index (χ2v) is 9.54. The molecule has 3 heterocycles. The summed E-state index contributed by atoms with van der Waals surface area (Å²) in [7, 11) is -3.58. The van der Waals surface area contributed by atoms with Crippen molar-refractivity contribution < 1.29 is 17.6 Å². The number of anilines is 1. The Bertz CT molecular complexity index is 1150. The van der Waals surface area contributed by atoms with Crippen LogP contribution in [0.15, 0.2) is 51.1 Å². The second kappa shape index (κ2) is 8.58. The van der Waals surface area contributed by atoms with E-state index >= 15 is 0 Å². The van der Waals surface area contributed by atoms with Crippen molar-refractivity contribution in [1.29, 1.82) is 0 Å². The van der Waals surface area contributed by atoms with Crippen molar-refractivity contribution >= 4 is 33.4 Å². The van der Waals surface area contributed by atoms with Crippen LogP contribution in [0.4, 0.5) is 5.69 Å². The van der Waals surface area contributed by atoms with Crippen molar-refractivity contribution in [3.05, 3.63) is 42.2 Å². The Hall–Kier alpha value is -2.70. The van der Waals surface area contributed by atoms with Gasteiger partial charge >= 0.3 is 0 Å². The van der Waals surface area contributed by atoms with Gasteiger partial charge in [0.15, 0.2) is 0 Å².